The number of ether oxygens (including phenoxy) is 1. The molecule has 1 radical (unpaired) electrons. The minimum atomic E-state index is 0.385. The maximum absolute atomic E-state index is 5.39. The molecule has 0 amide bonds. The minimum Gasteiger partial charge on any atom is -0.376 e. The fourth-order valence-corrected chi connectivity index (χ4v) is 1.20. The first-order valence-electron chi connectivity index (χ1n) is 3.34. The molecule has 1 aliphatic rings. The van der Waals surface area contributed by atoms with E-state index in [0.29, 0.717) is 6.10 Å². The first-order valence-corrected chi connectivity index (χ1v) is 3.91. The van der Waals surface area contributed by atoms with Gasteiger partial charge in [0.15, 0.2) is 0 Å². The highest BCUT2D eigenvalue weighted by atomic mass is 32.1. The normalized spacial score (nSPS) is 28.3. The number of morpholine rings is 1. The molecule has 1 atom stereocenters. The van der Waals surface area contributed by atoms with Gasteiger partial charge in [0.05, 0.1) is 12.7 Å². The summed E-state index contributed by atoms with van der Waals surface area (Å²) in [4.78, 5) is 0. The van der Waals surface area contributed by atoms with E-state index >= 15 is 0 Å². The Labute approximate surface area is 61.4 Å². The first-order chi connectivity index (χ1) is 4.43. The number of hydrogen-bond acceptors (Lipinski definition) is 2. The van der Waals surface area contributed by atoms with Gasteiger partial charge in [-0.2, -0.15) is 0 Å². The molecule has 1 N–H and O–H groups in total. The summed E-state index contributed by atoms with van der Waals surface area (Å²) in [5.41, 5.74) is 0. The Kier molecular flexibility index (Phi) is 3.40. The van der Waals surface area contributed by atoms with Gasteiger partial charge in [-0.25, -0.2) is 0 Å². The Bertz CT molecular complexity index is 70.7. The van der Waals surface area contributed by atoms with Gasteiger partial charge in [0, 0.05) is 18.8 Å². The zero-order chi connectivity index (χ0) is 6.53. The van der Waals surface area contributed by atoms with Crippen molar-refractivity contribution in [3.63, 3.8) is 0 Å². The van der Waals surface area contributed by atoms with Gasteiger partial charge in [0.25, 0.3) is 0 Å². The van der Waals surface area contributed by atoms with Crippen molar-refractivity contribution in [1.82, 2.24) is 5.32 Å². The third kappa shape index (κ3) is 2.56. The SMILES string of the molecule is [S]CCC1CNCCO1. The Morgan fingerprint density at radius 1 is 1.67 bits per heavy atom. The van der Waals surface area contributed by atoms with E-state index < -0.39 is 0 Å². The maximum atomic E-state index is 5.39. The van der Waals surface area contributed by atoms with E-state index in [1.807, 2.05) is 0 Å². The average molecular weight is 146 g/mol. The Morgan fingerprint density at radius 3 is 3.11 bits per heavy atom. The molecule has 0 bridgehead atoms. The maximum Gasteiger partial charge on any atom is 0.0708 e. The molecule has 9 heavy (non-hydrogen) atoms. The van der Waals surface area contributed by atoms with Gasteiger partial charge in [-0.1, -0.05) is 12.6 Å². The van der Waals surface area contributed by atoms with Gasteiger partial charge in [-0.15, -0.1) is 0 Å². The van der Waals surface area contributed by atoms with Crippen LogP contribution in [0.3, 0.4) is 0 Å². The van der Waals surface area contributed by atoms with Crippen molar-refractivity contribution in [2.75, 3.05) is 25.4 Å². The van der Waals surface area contributed by atoms with Crippen LogP contribution in [-0.2, 0) is 4.74 Å². The Hall–Kier alpha value is 0.270. The van der Waals surface area contributed by atoms with E-state index in [1.54, 1.807) is 0 Å². The van der Waals surface area contributed by atoms with E-state index in [0.717, 1.165) is 31.9 Å². The average Bonchev–Trinajstić information content (AvgIpc) is 1.91. The van der Waals surface area contributed by atoms with Crippen molar-refractivity contribution in [2.45, 2.75) is 12.5 Å². The first kappa shape index (κ1) is 7.38. The zero-order valence-electron chi connectivity index (χ0n) is 5.43. The molecule has 1 unspecified atom stereocenters. The van der Waals surface area contributed by atoms with Crippen LogP contribution in [0.25, 0.3) is 0 Å². The molecular formula is C6H12NOS. The van der Waals surface area contributed by atoms with Crippen LogP contribution in [0.1, 0.15) is 6.42 Å². The molecule has 1 aliphatic heterocycles. The van der Waals surface area contributed by atoms with Gasteiger partial charge < -0.3 is 10.1 Å². The summed E-state index contributed by atoms with van der Waals surface area (Å²) in [6, 6.07) is 0. The van der Waals surface area contributed by atoms with Gasteiger partial charge in [0.2, 0.25) is 0 Å². The quantitative estimate of drug-likeness (QED) is 0.614. The highest BCUT2D eigenvalue weighted by Crippen LogP contribution is 2.01. The molecular weight excluding hydrogens is 134 g/mol. The van der Waals surface area contributed by atoms with E-state index in [1.165, 1.54) is 0 Å². The number of hydrogen-bond donors (Lipinski definition) is 1. The molecule has 0 aliphatic carbocycles. The summed E-state index contributed by atoms with van der Waals surface area (Å²) >= 11 is 4.83. The van der Waals surface area contributed by atoms with Crippen LogP contribution >= 0.6 is 12.6 Å². The number of rotatable bonds is 2. The minimum absolute atomic E-state index is 0.385. The second-order valence-electron chi connectivity index (χ2n) is 2.19. The van der Waals surface area contributed by atoms with Crippen molar-refractivity contribution in [2.24, 2.45) is 0 Å². The summed E-state index contributed by atoms with van der Waals surface area (Å²) in [6.07, 6.45) is 1.40. The smallest absolute Gasteiger partial charge is 0.0708 e. The topological polar surface area (TPSA) is 21.3 Å². The van der Waals surface area contributed by atoms with Crippen LogP contribution < -0.4 is 5.32 Å². The highest BCUT2D eigenvalue weighted by Gasteiger charge is 2.10. The van der Waals surface area contributed by atoms with Crippen molar-refractivity contribution in [1.29, 1.82) is 0 Å². The molecule has 1 heterocycles. The lowest BCUT2D eigenvalue weighted by Crippen LogP contribution is -2.38. The summed E-state index contributed by atoms with van der Waals surface area (Å²) in [5, 5.41) is 3.25. The zero-order valence-corrected chi connectivity index (χ0v) is 6.25. The van der Waals surface area contributed by atoms with Gasteiger partial charge >= 0.3 is 0 Å². The summed E-state index contributed by atoms with van der Waals surface area (Å²) < 4.78 is 5.39. The van der Waals surface area contributed by atoms with Gasteiger partial charge in [0.1, 0.15) is 0 Å². The molecule has 0 aromatic rings. The van der Waals surface area contributed by atoms with E-state index in [4.69, 9.17) is 17.4 Å². The van der Waals surface area contributed by atoms with E-state index in [2.05, 4.69) is 5.32 Å². The van der Waals surface area contributed by atoms with Crippen molar-refractivity contribution in [3.8, 4) is 0 Å². The molecule has 3 heteroatoms. The van der Waals surface area contributed by atoms with Crippen molar-refractivity contribution >= 4 is 12.6 Å². The van der Waals surface area contributed by atoms with Gasteiger partial charge in [-0.3, -0.25) is 0 Å². The Balaban J connectivity index is 2.08. The van der Waals surface area contributed by atoms with Crippen LogP contribution in [0, 0.1) is 0 Å². The van der Waals surface area contributed by atoms with E-state index in [9.17, 15) is 0 Å². The lowest BCUT2D eigenvalue weighted by Gasteiger charge is -2.22. The van der Waals surface area contributed by atoms with Gasteiger partial charge in [-0.05, 0) is 6.42 Å². The number of nitrogens with one attached hydrogen (secondary N) is 1. The summed E-state index contributed by atoms with van der Waals surface area (Å²) in [7, 11) is 0. The summed E-state index contributed by atoms with van der Waals surface area (Å²) in [6.45, 7) is 2.82. The van der Waals surface area contributed by atoms with Crippen LogP contribution in [0.2, 0.25) is 0 Å². The summed E-state index contributed by atoms with van der Waals surface area (Å²) in [5.74, 6) is 0.812. The largest absolute Gasteiger partial charge is 0.376 e. The second kappa shape index (κ2) is 4.14. The molecule has 2 nitrogen and oxygen atoms in total. The highest BCUT2D eigenvalue weighted by molar-refractivity contribution is 7.80. The fraction of sp³-hybridized carbons (Fsp3) is 1.00. The van der Waals surface area contributed by atoms with E-state index in [-0.39, 0.29) is 0 Å². The van der Waals surface area contributed by atoms with Crippen LogP contribution in [0.4, 0.5) is 0 Å². The molecule has 1 fully saturated rings. The van der Waals surface area contributed by atoms with Crippen LogP contribution in [-0.4, -0.2) is 31.6 Å². The molecule has 1 rings (SSSR count). The van der Waals surface area contributed by atoms with Crippen LogP contribution in [0.15, 0.2) is 0 Å². The third-order valence-corrected chi connectivity index (χ3v) is 1.68. The Morgan fingerprint density at radius 2 is 2.56 bits per heavy atom. The molecule has 0 saturated carbocycles. The monoisotopic (exact) mass is 146 g/mol. The third-order valence-electron chi connectivity index (χ3n) is 1.44. The fourth-order valence-electron chi connectivity index (χ4n) is 0.937. The molecule has 53 valence electrons. The lowest BCUT2D eigenvalue weighted by atomic mass is 10.2. The molecule has 0 aromatic carbocycles. The van der Waals surface area contributed by atoms with Crippen molar-refractivity contribution in [3.05, 3.63) is 0 Å². The predicted octanol–water partition coefficient (Wildman–Crippen LogP) is 0.562. The molecule has 0 aromatic heterocycles. The second-order valence-corrected chi connectivity index (χ2v) is 2.60. The van der Waals surface area contributed by atoms with Crippen LogP contribution in [0.5, 0.6) is 0 Å². The molecule has 0 spiro atoms. The molecule has 1 saturated heterocycles. The standard InChI is InChI=1S/C6H12NOS/c9-4-1-6-5-7-2-3-8-6/h6-7H,1-5H2. The van der Waals surface area contributed by atoms with Crippen molar-refractivity contribution < 1.29 is 4.74 Å². The lowest BCUT2D eigenvalue weighted by molar-refractivity contribution is 0.0274. The predicted molar refractivity (Wildman–Crippen MR) is 39.7 cm³/mol.